The number of hydrogen-bond acceptors (Lipinski definition) is 7. The van der Waals surface area contributed by atoms with Crippen LogP contribution in [0, 0.1) is 0 Å². The number of nitrogens with one attached hydrogen (secondary N) is 1. The van der Waals surface area contributed by atoms with Gasteiger partial charge in [-0.15, -0.1) is 0 Å². The molecular weight excluding hydrogens is 442 g/mol. The quantitative estimate of drug-likeness (QED) is 0.611. The third kappa shape index (κ3) is 5.72. The molecule has 2 fully saturated rings. The molecule has 196 valence electrons. The first-order valence-electron chi connectivity index (χ1n) is 13.4. The highest BCUT2D eigenvalue weighted by atomic mass is 16.5. The van der Waals surface area contributed by atoms with Crippen LogP contribution in [0.1, 0.15) is 71.7 Å². The zero-order valence-corrected chi connectivity index (χ0v) is 22.5. The smallest absolute Gasteiger partial charge is 0.241 e. The van der Waals surface area contributed by atoms with Crippen molar-refractivity contribution in [3.05, 3.63) is 23.5 Å². The van der Waals surface area contributed by atoms with Crippen LogP contribution in [-0.4, -0.2) is 95.9 Å². The van der Waals surface area contributed by atoms with Gasteiger partial charge in [0.1, 0.15) is 0 Å². The fraction of sp³-hybridized carbons (Fsp3) is 0.778. The van der Waals surface area contributed by atoms with Crippen molar-refractivity contribution in [3.8, 4) is 0 Å². The predicted octanol–water partition coefficient (Wildman–Crippen LogP) is 2.31. The topological polar surface area (TPSA) is 81.2 Å². The standard InChI is InChI=1S/C27H45N5O3/c1-7-8-25(33)23-9-24-22(11-29-23)27(5,6)17-32(24)26(34)14-30-12-18(2)28-10-21(30)13-31-19(3)15-35-16-20(31)4/h9,11,18-21,25,28,33H,7-8,10,12-17H2,1-6H3. The van der Waals surface area contributed by atoms with Crippen LogP contribution in [0.2, 0.25) is 0 Å². The van der Waals surface area contributed by atoms with E-state index in [1.165, 1.54) is 0 Å². The summed E-state index contributed by atoms with van der Waals surface area (Å²) in [5.41, 5.74) is 2.49. The van der Waals surface area contributed by atoms with Crippen molar-refractivity contribution < 1.29 is 14.6 Å². The highest BCUT2D eigenvalue weighted by Crippen LogP contribution is 2.41. The molecule has 3 aliphatic rings. The second-order valence-corrected chi connectivity index (χ2v) is 11.6. The van der Waals surface area contributed by atoms with E-state index in [-0.39, 0.29) is 17.4 Å². The van der Waals surface area contributed by atoms with Crippen molar-refractivity contribution in [1.82, 2.24) is 20.1 Å². The highest BCUT2D eigenvalue weighted by molar-refractivity contribution is 5.97. The van der Waals surface area contributed by atoms with Gasteiger partial charge >= 0.3 is 0 Å². The van der Waals surface area contributed by atoms with E-state index in [4.69, 9.17) is 4.74 Å². The fourth-order valence-corrected chi connectivity index (χ4v) is 5.90. The number of ether oxygens (including phenoxy) is 1. The number of aliphatic hydroxyl groups excluding tert-OH is 1. The van der Waals surface area contributed by atoms with Crippen LogP contribution in [0.3, 0.4) is 0 Å². The van der Waals surface area contributed by atoms with Crippen molar-refractivity contribution in [2.45, 2.75) is 90.1 Å². The number of rotatable bonds is 7. The average molecular weight is 488 g/mol. The van der Waals surface area contributed by atoms with Crippen LogP contribution in [0.15, 0.2) is 12.3 Å². The summed E-state index contributed by atoms with van der Waals surface area (Å²) in [5.74, 6) is 0.126. The lowest BCUT2D eigenvalue weighted by Gasteiger charge is -2.46. The van der Waals surface area contributed by atoms with E-state index >= 15 is 0 Å². The third-order valence-corrected chi connectivity index (χ3v) is 8.02. The summed E-state index contributed by atoms with van der Waals surface area (Å²) in [6.07, 6.45) is 2.83. The van der Waals surface area contributed by atoms with E-state index in [1.807, 2.05) is 17.2 Å². The highest BCUT2D eigenvalue weighted by Gasteiger charge is 2.40. The molecule has 5 atom stereocenters. The maximum atomic E-state index is 13.8. The van der Waals surface area contributed by atoms with Gasteiger partial charge in [-0.25, -0.2) is 0 Å². The SMILES string of the molecule is CCCC(O)c1cc2c(cn1)C(C)(C)CN2C(=O)CN1CC(C)NCC1CN1C(C)COCC1C. The summed E-state index contributed by atoms with van der Waals surface area (Å²) in [6, 6.07) is 3.32. The van der Waals surface area contributed by atoms with E-state index in [9.17, 15) is 9.90 Å². The van der Waals surface area contributed by atoms with Crippen molar-refractivity contribution >= 4 is 11.6 Å². The number of anilines is 1. The lowest BCUT2D eigenvalue weighted by molar-refractivity contribution is -0.121. The Kier molecular flexibility index (Phi) is 8.18. The van der Waals surface area contributed by atoms with Crippen molar-refractivity contribution in [3.63, 3.8) is 0 Å². The number of hydrogen-bond donors (Lipinski definition) is 2. The van der Waals surface area contributed by atoms with E-state index in [0.29, 0.717) is 43.3 Å². The van der Waals surface area contributed by atoms with E-state index in [2.05, 4.69) is 61.6 Å². The van der Waals surface area contributed by atoms with Crippen LogP contribution in [-0.2, 0) is 14.9 Å². The van der Waals surface area contributed by atoms with Gasteiger partial charge in [-0.1, -0.05) is 27.2 Å². The molecule has 5 unspecified atom stereocenters. The first-order valence-corrected chi connectivity index (χ1v) is 13.4. The Bertz CT molecular complexity index is 884. The molecule has 0 aromatic carbocycles. The summed E-state index contributed by atoms with van der Waals surface area (Å²) in [6.45, 7) is 18.3. The summed E-state index contributed by atoms with van der Waals surface area (Å²) in [4.78, 5) is 25.2. The molecule has 2 saturated heterocycles. The van der Waals surface area contributed by atoms with Gasteiger partial charge in [-0.05, 0) is 33.3 Å². The molecule has 3 aliphatic heterocycles. The molecule has 0 radical (unpaired) electrons. The normalized spacial score (nSPS) is 30.3. The van der Waals surface area contributed by atoms with Crippen LogP contribution in [0.4, 0.5) is 5.69 Å². The van der Waals surface area contributed by atoms with E-state index in [0.717, 1.165) is 50.5 Å². The van der Waals surface area contributed by atoms with Gasteiger partial charge in [0, 0.05) is 67.5 Å². The van der Waals surface area contributed by atoms with Gasteiger partial charge in [0.25, 0.3) is 0 Å². The van der Waals surface area contributed by atoms with Gasteiger partial charge in [-0.3, -0.25) is 19.6 Å². The third-order valence-electron chi connectivity index (χ3n) is 8.02. The molecule has 4 rings (SSSR count). The van der Waals surface area contributed by atoms with Crippen LogP contribution < -0.4 is 10.2 Å². The number of morpholine rings is 1. The Morgan fingerprint density at radius 2 is 2.00 bits per heavy atom. The number of amides is 1. The van der Waals surface area contributed by atoms with Crippen molar-refractivity contribution in [2.24, 2.45) is 0 Å². The second kappa shape index (κ2) is 10.8. The number of aliphatic hydroxyl groups is 1. The number of fused-ring (bicyclic) bond motifs is 1. The summed E-state index contributed by atoms with van der Waals surface area (Å²) < 4.78 is 5.73. The fourth-order valence-electron chi connectivity index (χ4n) is 5.90. The first-order chi connectivity index (χ1) is 16.6. The largest absolute Gasteiger partial charge is 0.387 e. The Morgan fingerprint density at radius 1 is 1.29 bits per heavy atom. The summed E-state index contributed by atoms with van der Waals surface area (Å²) in [5, 5.41) is 14.2. The van der Waals surface area contributed by atoms with Gasteiger partial charge in [-0.2, -0.15) is 0 Å². The van der Waals surface area contributed by atoms with Gasteiger partial charge in [0.2, 0.25) is 5.91 Å². The number of carbonyl (C=O) groups excluding carboxylic acids is 1. The van der Waals surface area contributed by atoms with Crippen LogP contribution in [0.5, 0.6) is 0 Å². The monoisotopic (exact) mass is 487 g/mol. The molecule has 2 N–H and O–H groups in total. The van der Waals surface area contributed by atoms with E-state index in [1.54, 1.807) is 0 Å². The maximum absolute atomic E-state index is 13.8. The number of nitrogens with zero attached hydrogens (tertiary/aromatic N) is 4. The number of piperazine rings is 1. The number of pyridine rings is 1. The minimum absolute atomic E-state index is 0.126. The molecule has 0 aliphatic carbocycles. The van der Waals surface area contributed by atoms with Crippen LogP contribution in [0.25, 0.3) is 0 Å². The molecule has 8 heteroatoms. The Hall–Kier alpha value is -1.58. The molecule has 1 aromatic rings. The maximum Gasteiger partial charge on any atom is 0.241 e. The molecule has 0 bridgehead atoms. The Balaban J connectivity index is 1.52. The Labute approximate surface area is 211 Å². The van der Waals surface area contributed by atoms with Crippen molar-refractivity contribution in [1.29, 1.82) is 0 Å². The number of aromatic nitrogens is 1. The second-order valence-electron chi connectivity index (χ2n) is 11.6. The van der Waals surface area contributed by atoms with Gasteiger partial charge in [0.15, 0.2) is 0 Å². The first kappa shape index (κ1) is 26.5. The molecule has 8 nitrogen and oxygen atoms in total. The number of carbonyl (C=O) groups is 1. The molecule has 0 saturated carbocycles. The summed E-state index contributed by atoms with van der Waals surface area (Å²) >= 11 is 0. The van der Waals surface area contributed by atoms with Gasteiger partial charge < -0.3 is 20.1 Å². The molecule has 35 heavy (non-hydrogen) atoms. The minimum atomic E-state index is -0.595. The lowest BCUT2D eigenvalue weighted by atomic mass is 9.88. The van der Waals surface area contributed by atoms with E-state index < -0.39 is 6.10 Å². The van der Waals surface area contributed by atoms with Gasteiger partial charge in [0.05, 0.1) is 37.2 Å². The molecule has 0 spiro atoms. The van der Waals surface area contributed by atoms with Crippen LogP contribution >= 0.6 is 0 Å². The zero-order chi connectivity index (χ0) is 25.3. The summed E-state index contributed by atoms with van der Waals surface area (Å²) in [7, 11) is 0. The molecular formula is C27H45N5O3. The Morgan fingerprint density at radius 3 is 2.69 bits per heavy atom. The molecule has 1 aromatic heterocycles. The minimum Gasteiger partial charge on any atom is -0.387 e. The predicted molar refractivity (Wildman–Crippen MR) is 139 cm³/mol. The molecule has 4 heterocycles. The average Bonchev–Trinajstić information content (AvgIpc) is 3.08. The zero-order valence-electron chi connectivity index (χ0n) is 22.5. The molecule has 1 amide bonds. The van der Waals surface area contributed by atoms with Crippen molar-refractivity contribution in [2.75, 3.05) is 50.8 Å². The lowest BCUT2D eigenvalue weighted by Crippen LogP contribution is -2.63.